The van der Waals surface area contributed by atoms with Gasteiger partial charge in [-0.2, -0.15) is 5.26 Å². The fraction of sp³-hybridized carbons (Fsp3) is 0.571. The fourth-order valence-corrected chi connectivity index (χ4v) is 1.99. The van der Waals surface area contributed by atoms with Crippen LogP contribution in [0.15, 0.2) is 18.3 Å². The van der Waals surface area contributed by atoms with Gasteiger partial charge >= 0.3 is 0 Å². The highest BCUT2D eigenvalue weighted by molar-refractivity contribution is 5.96. The van der Waals surface area contributed by atoms with Gasteiger partial charge in [0.15, 0.2) is 5.78 Å². The van der Waals surface area contributed by atoms with Crippen LogP contribution in [0.5, 0.6) is 0 Å². The van der Waals surface area contributed by atoms with Crippen LogP contribution >= 0.6 is 0 Å². The number of aryl methyl sites for hydroxylation is 1. The van der Waals surface area contributed by atoms with E-state index in [0.29, 0.717) is 25.4 Å². The highest BCUT2D eigenvalue weighted by atomic mass is 16.1. The van der Waals surface area contributed by atoms with Gasteiger partial charge in [-0.1, -0.05) is 13.8 Å². The number of carbonyl (C=O) groups excluding carboxylic acids is 1. The van der Waals surface area contributed by atoms with E-state index in [9.17, 15) is 4.79 Å². The normalized spacial score (nSPS) is 10.9. The van der Waals surface area contributed by atoms with Gasteiger partial charge in [0, 0.05) is 32.8 Å². The van der Waals surface area contributed by atoms with Crippen molar-refractivity contribution in [3.05, 3.63) is 24.0 Å². The van der Waals surface area contributed by atoms with Crippen LogP contribution in [0.25, 0.3) is 0 Å². The predicted octanol–water partition coefficient (Wildman–Crippen LogP) is 2.08. The summed E-state index contributed by atoms with van der Waals surface area (Å²) in [5.41, 5.74) is 0.723. The minimum absolute atomic E-state index is 0.112. The number of rotatable bonds is 7. The lowest BCUT2D eigenvalue weighted by Crippen LogP contribution is -2.34. The summed E-state index contributed by atoms with van der Waals surface area (Å²) in [5, 5.41) is 8.65. The number of hydrogen-bond acceptors (Lipinski definition) is 3. The van der Waals surface area contributed by atoms with Crippen molar-refractivity contribution in [3.8, 4) is 6.07 Å². The summed E-state index contributed by atoms with van der Waals surface area (Å²) in [5.74, 6) is 0.603. The van der Waals surface area contributed by atoms with Gasteiger partial charge in [0.1, 0.15) is 0 Å². The number of nitriles is 1. The molecule has 0 aliphatic rings. The third kappa shape index (κ3) is 4.34. The highest BCUT2D eigenvalue weighted by Gasteiger charge is 2.15. The van der Waals surface area contributed by atoms with Crippen LogP contribution in [0, 0.1) is 17.2 Å². The van der Waals surface area contributed by atoms with Crippen LogP contribution in [-0.2, 0) is 7.05 Å². The Morgan fingerprint density at radius 1 is 1.56 bits per heavy atom. The van der Waals surface area contributed by atoms with Crippen LogP contribution in [0.3, 0.4) is 0 Å². The van der Waals surface area contributed by atoms with E-state index < -0.39 is 0 Å². The Morgan fingerprint density at radius 3 is 2.78 bits per heavy atom. The molecule has 0 aliphatic carbocycles. The number of carbonyl (C=O) groups is 1. The zero-order valence-electron chi connectivity index (χ0n) is 11.4. The van der Waals surface area contributed by atoms with Crippen molar-refractivity contribution in [1.29, 1.82) is 5.26 Å². The van der Waals surface area contributed by atoms with E-state index in [2.05, 4.69) is 24.8 Å². The predicted molar refractivity (Wildman–Crippen MR) is 71.3 cm³/mol. The van der Waals surface area contributed by atoms with E-state index in [1.807, 2.05) is 29.9 Å². The first-order chi connectivity index (χ1) is 8.54. The van der Waals surface area contributed by atoms with Crippen molar-refractivity contribution in [2.45, 2.75) is 20.3 Å². The average Bonchev–Trinajstić information content (AvgIpc) is 2.71. The molecule has 1 heterocycles. The maximum atomic E-state index is 12.1. The first kappa shape index (κ1) is 14.5. The summed E-state index contributed by atoms with van der Waals surface area (Å²) in [6.45, 7) is 6.12. The SMILES string of the molecule is CC(C)CN(CCC#N)CC(=O)c1cccn1C. The molecule has 0 N–H and O–H groups in total. The van der Waals surface area contributed by atoms with Crippen LogP contribution in [0.2, 0.25) is 0 Å². The Kier molecular flexibility index (Phi) is 5.60. The molecule has 1 aromatic rings. The fourth-order valence-electron chi connectivity index (χ4n) is 1.99. The van der Waals surface area contributed by atoms with E-state index in [-0.39, 0.29) is 5.78 Å². The molecule has 0 unspecified atom stereocenters. The molecule has 0 radical (unpaired) electrons. The highest BCUT2D eigenvalue weighted by Crippen LogP contribution is 2.05. The molecule has 18 heavy (non-hydrogen) atoms. The lowest BCUT2D eigenvalue weighted by Gasteiger charge is -2.22. The third-order valence-electron chi connectivity index (χ3n) is 2.76. The van der Waals surface area contributed by atoms with Gasteiger partial charge in [0.2, 0.25) is 0 Å². The molecule has 0 saturated carbocycles. The van der Waals surface area contributed by atoms with Crippen molar-refractivity contribution < 1.29 is 4.79 Å². The molecular formula is C14H21N3O. The summed E-state index contributed by atoms with van der Waals surface area (Å²) >= 11 is 0. The average molecular weight is 247 g/mol. The number of nitrogens with zero attached hydrogens (tertiary/aromatic N) is 3. The van der Waals surface area contributed by atoms with Crippen molar-refractivity contribution in [2.24, 2.45) is 13.0 Å². The van der Waals surface area contributed by atoms with E-state index in [1.165, 1.54) is 0 Å². The Labute approximate surface area is 109 Å². The second-order valence-corrected chi connectivity index (χ2v) is 4.96. The molecule has 4 nitrogen and oxygen atoms in total. The number of Topliss-reactive ketones (excluding diaryl/α,β-unsaturated/α-hetero) is 1. The molecule has 1 aromatic heterocycles. The van der Waals surface area contributed by atoms with E-state index >= 15 is 0 Å². The molecule has 98 valence electrons. The van der Waals surface area contributed by atoms with Gasteiger partial charge in [-0.05, 0) is 18.1 Å². The van der Waals surface area contributed by atoms with Crippen molar-refractivity contribution in [2.75, 3.05) is 19.6 Å². The van der Waals surface area contributed by atoms with Gasteiger partial charge in [0.05, 0.1) is 18.3 Å². The largest absolute Gasteiger partial charge is 0.348 e. The topological polar surface area (TPSA) is 49.0 Å². The van der Waals surface area contributed by atoms with Crippen LogP contribution in [-0.4, -0.2) is 34.9 Å². The summed E-state index contributed by atoms with van der Waals surface area (Å²) in [6, 6.07) is 5.84. The maximum absolute atomic E-state index is 12.1. The lowest BCUT2D eigenvalue weighted by molar-refractivity contribution is 0.0916. The molecular weight excluding hydrogens is 226 g/mol. The van der Waals surface area contributed by atoms with Gasteiger partial charge in [-0.3, -0.25) is 9.69 Å². The maximum Gasteiger partial charge on any atom is 0.193 e. The van der Waals surface area contributed by atoms with E-state index in [1.54, 1.807) is 0 Å². The van der Waals surface area contributed by atoms with Crippen LogP contribution in [0.1, 0.15) is 30.8 Å². The molecule has 0 spiro atoms. The standard InChI is InChI=1S/C14H21N3O/c1-12(2)10-17(9-5-7-15)11-14(18)13-6-4-8-16(13)3/h4,6,8,12H,5,9-11H2,1-3H3. The molecule has 0 fully saturated rings. The first-order valence-electron chi connectivity index (χ1n) is 6.28. The summed E-state index contributed by atoms with van der Waals surface area (Å²) in [7, 11) is 1.87. The number of hydrogen-bond donors (Lipinski definition) is 0. The minimum atomic E-state index is 0.112. The molecule has 0 aromatic carbocycles. The second-order valence-electron chi connectivity index (χ2n) is 4.96. The molecule has 0 amide bonds. The molecule has 1 rings (SSSR count). The van der Waals surface area contributed by atoms with E-state index in [0.717, 1.165) is 12.2 Å². The van der Waals surface area contributed by atoms with Gasteiger partial charge in [-0.15, -0.1) is 0 Å². The zero-order chi connectivity index (χ0) is 13.5. The Morgan fingerprint density at radius 2 is 2.28 bits per heavy atom. The molecule has 0 saturated heterocycles. The quantitative estimate of drug-likeness (QED) is 0.693. The van der Waals surface area contributed by atoms with Crippen molar-refractivity contribution in [3.63, 3.8) is 0 Å². The Balaban J connectivity index is 2.62. The zero-order valence-corrected chi connectivity index (χ0v) is 11.4. The van der Waals surface area contributed by atoms with Crippen molar-refractivity contribution in [1.82, 2.24) is 9.47 Å². The van der Waals surface area contributed by atoms with Gasteiger partial charge in [-0.25, -0.2) is 0 Å². The second kappa shape index (κ2) is 6.97. The van der Waals surface area contributed by atoms with Gasteiger partial charge < -0.3 is 4.57 Å². The molecule has 0 bridgehead atoms. The monoisotopic (exact) mass is 247 g/mol. The number of aromatic nitrogens is 1. The third-order valence-corrected chi connectivity index (χ3v) is 2.76. The molecule has 0 atom stereocenters. The Hall–Kier alpha value is -1.60. The summed E-state index contributed by atoms with van der Waals surface area (Å²) in [4.78, 5) is 14.2. The molecule has 0 aliphatic heterocycles. The minimum Gasteiger partial charge on any atom is -0.348 e. The smallest absolute Gasteiger partial charge is 0.193 e. The molecule has 4 heteroatoms. The summed E-state index contributed by atoms with van der Waals surface area (Å²) in [6.07, 6.45) is 2.34. The first-order valence-corrected chi connectivity index (χ1v) is 6.28. The lowest BCUT2D eigenvalue weighted by atomic mass is 10.2. The van der Waals surface area contributed by atoms with E-state index in [4.69, 9.17) is 5.26 Å². The van der Waals surface area contributed by atoms with Gasteiger partial charge in [0.25, 0.3) is 0 Å². The van der Waals surface area contributed by atoms with Crippen LogP contribution in [0.4, 0.5) is 0 Å². The van der Waals surface area contributed by atoms with Crippen LogP contribution < -0.4 is 0 Å². The Bertz CT molecular complexity index is 428. The number of ketones is 1. The van der Waals surface area contributed by atoms with Crippen molar-refractivity contribution >= 4 is 5.78 Å². The summed E-state index contributed by atoms with van der Waals surface area (Å²) < 4.78 is 1.83.